The Balaban J connectivity index is 1.58. The lowest BCUT2D eigenvalue weighted by Crippen LogP contribution is -2.26. The van der Waals surface area contributed by atoms with E-state index in [1.165, 1.54) is 11.8 Å². The van der Waals surface area contributed by atoms with Crippen LogP contribution in [0.15, 0.2) is 75.5 Å². The highest BCUT2D eigenvalue weighted by atomic mass is 32.2. The summed E-state index contributed by atoms with van der Waals surface area (Å²) >= 11 is 2.90. The zero-order valence-corrected chi connectivity index (χ0v) is 17.6. The van der Waals surface area contributed by atoms with Crippen molar-refractivity contribution in [2.45, 2.75) is 35.2 Å². The molecule has 0 aliphatic carbocycles. The summed E-state index contributed by atoms with van der Waals surface area (Å²) in [4.78, 5) is 31.0. The van der Waals surface area contributed by atoms with Crippen LogP contribution in [0.25, 0.3) is 0 Å². The molecule has 0 saturated heterocycles. The van der Waals surface area contributed by atoms with Crippen LogP contribution in [0.4, 0.5) is 5.69 Å². The molecule has 5 nitrogen and oxygen atoms in total. The molecule has 0 radical (unpaired) electrons. The minimum Gasteiger partial charge on any atom is -0.325 e. The number of fused-ring (bicyclic) bond motifs is 1. The molecule has 148 valence electrons. The van der Waals surface area contributed by atoms with Gasteiger partial charge in [-0.15, -0.1) is 11.8 Å². The van der Waals surface area contributed by atoms with Crippen molar-refractivity contribution < 1.29 is 4.79 Å². The predicted octanol–water partition coefficient (Wildman–Crippen LogP) is 4.06. The van der Waals surface area contributed by atoms with Crippen LogP contribution < -0.4 is 10.9 Å². The van der Waals surface area contributed by atoms with Gasteiger partial charge in [-0.05, 0) is 17.7 Å². The summed E-state index contributed by atoms with van der Waals surface area (Å²) in [5.41, 5.74) is 2.62. The van der Waals surface area contributed by atoms with E-state index in [4.69, 9.17) is 4.98 Å². The average Bonchev–Trinajstić information content (AvgIpc) is 3.11. The first-order chi connectivity index (χ1) is 14.1. The third-order valence-electron chi connectivity index (χ3n) is 4.54. The van der Waals surface area contributed by atoms with Gasteiger partial charge in [-0.3, -0.25) is 14.2 Å². The Morgan fingerprint density at radius 1 is 1.17 bits per heavy atom. The summed E-state index contributed by atoms with van der Waals surface area (Å²) in [6.45, 7) is 2.55. The number of rotatable bonds is 6. The van der Waals surface area contributed by atoms with Crippen LogP contribution in [-0.4, -0.2) is 26.5 Å². The third kappa shape index (κ3) is 4.74. The molecule has 29 heavy (non-hydrogen) atoms. The fourth-order valence-electron chi connectivity index (χ4n) is 3.20. The Morgan fingerprint density at radius 2 is 1.86 bits per heavy atom. The summed E-state index contributed by atoms with van der Waals surface area (Å²) in [5, 5.41) is 3.81. The zero-order chi connectivity index (χ0) is 20.2. The summed E-state index contributed by atoms with van der Waals surface area (Å²) in [7, 11) is 0. The van der Waals surface area contributed by atoms with E-state index in [2.05, 4.69) is 12.2 Å². The highest BCUT2D eigenvalue weighted by Gasteiger charge is 2.26. The lowest BCUT2D eigenvalue weighted by atomic mass is 10.2. The molecule has 1 aliphatic rings. The van der Waals surface area contributed by atoms with Crippen LogP contribution in [0.2, 0.25) is 0 Å². The average molecular weight is 424 g/mol. The fourth-order valence-corrected chi connectivity index (χ4v) is 5.13. The molecule has 1 unspecified atom stereocenters. The van der Waals surface area contributed by atoms with Gasteiger partial charge in [0.1, 0.15) is 0 Å². The highest BCUT2D eigenvalue weighted by Crippen LogP contribution is 2.34. The molecule has 0 bridgehead atoms. The summed E-state index contributed by atoms with van der Waals surface area (Å²) < 4.78 is 1.69. The molecule has 7 heteroatoms. The molecule has 1 N–H and O–H groups in total. The fraction of sp³-hybridized carbons (Fsp3) is 0.227. The summed E-state index contributed by atoms with van der Waals surface area (Å²) in [6.07, 6.45) is 0.783. The minimum atomic E-state index is -0.120. The Labute approximate surface area is 177 Å². The van der Waals surface area contributed by atoms with Gasteiger partial charge >= 0.3 is 0 Å². The molecule has 0 spiro atoms. The number of para-hydroxylation sites is 1. The maximum absolute atomic E-state index is 13.2. The van der Waals surface area contributed by atoms with Crippen molar-refractivity contribution in [1.29, 1.82) is 0 Å². The molecule has 1 aliphatic heterocycles. The van der Waals surface area contributed by atoms with Crippen LogP contribution in [0.5, 0.6) is 0 Å². The minimum absolute atomic E-state index is 0.0147. The van der Waals surface area contributed by atoms with Crippen molar-refractivity contribution in [2.75, 3.05) is 11.1 Å². The van der Waals surface area contributed by atoms with E-state index in [1.807, 2.05) is 60.7 Å². The number of anilines is 1. The molecule has 2 heterocycles. The van der Waals surface area contributed by atoms with Crippen molar-refractivity contribution >= 4 is 35.1 Å². The molecule has 3 aromatic rings. The highest BCUT2D eigenvalue weighted by molar-refractivity contribution is 8.00. The van der Waals surface area contributed by atoms with Gasteiger partial charge in [-0.2, -0.15) is 0 Å². The predicted molar refractivity (Wildman–Crippen MR) is 119 cm³/mol. The summed E-state index contributed by atoms with van der Waals surface area (Å²) in [6, 6.07) is 19.2. The number of carbonyl (C=O) groups is 1. The first-order valence-corrected chi connectivity index (χ1v) is 11.3. The Morgan fingerprint density at radius 3 is 2.59 bits per heavy atom. The lowest BCUT2D eigenvalue weighted by molar-refractivity contribution is -0.113. The van der Waals surface area contributed by atoms with E-state index < -0.39 is 0 Å². The van der Waals surface area contributed by atoms with Gasteiger partial charge < -0.3 is 5.32 Å². The van der Waals surface area contributed by atoms with Gasteiger partial charge in [-0.25, -0.2) is 4.98 Å². The third-order valence-corrected chi connectivity index (χ3v) is 6.73. The largest absolute Gasteiger partial charge is 0.325 e. The molecule has 4 rings (SSSR count). The van der Waals surface area contributed by atoms with Gasteiger partial charge in [0.15, 0.2) is 5.16 Å². The topological polar surface area (TPSA) is 64.0 Å². The van der Waals surface area contributed by atoms with E-state index >= 15 is 0 Å². The monoisotopic (exact) mass is 423 g/mol. The van der Waals surface area contributed by atoms with Crippen LogP contribution in [0.3, 0.4) is 0 Å². The number of nitrogens with zero attached hydrogens (tertiary/aromatic N) is 2. The Bertz CT molecular complexity index is 1070. The number of amides is 1. The van der Waals surface area contributed by atoms with E-state index in [0.717, 1.165) is 28.3 Å². The number of hydrogen-bond donors (Lipinski definition) is 1. The van der Waals surface area contributed by atoms with Crippen molar-refractivity contribution in [1.82, 2.24) is 9.55 Å². The SMILES string of the molecule is CC1Cc2nc(SCC(=O)Nc3ccccc3)n(Cc3ccccc3)c(=O)c2S1. The number of carbonyl (C=O) groups excluding carboxylic acids is 1. The van der Waals surface area contributed by atoms with E-state index in [-0.39, 0.29) is 17.2 Å². The lowest BCUT2D eigenvalue weighted by Gasteiger charge is -2.14. The van der Waals surface area contributed by atoms with Crippen molar-refractivity contribution in [3.8, 4) is 0 Å². The van der Waals surface area contributed by atoms with Crippen LogP contribution in [0, 0.1) is 0 Å². The second-order valence-corrected chi connectivity index (χ2v) is 9.27. The molecule has 0 fully saturated rings. The first-order valence-electron chi connectivity index (χ1n) is 9.42. The second-order valence-electron chi connectivity index (χ2n) is 6.88. The number of benzene rings is 2. The van der Waals surface area contributed by atoms with Crippen molar-refractivity contribution in [2.24, 2.45) is 0 Å². The normalized spacial score (nSPS) is 15.1. The Hall–Kier alpha value is -2.51. The van der Waals surface area contributed by atoms with E-state index in [9.17, 15) is 9.59 Å². The molecule has 1 aromatic heterocycles. The number of hydrogen-bond acceptors (Lipinski definition) is 5. The maximum Gasteiger partial charge on any atom is 0.268 e. The van der Waals surface area contributed by atoms with Crippen LogP contribution in [0.1, 0.15) is 18.2 Å². The molecular weight excluding hydrogens is 402 g/mol. The maximum atomic E-state index is 13.2. The second kappa shape index (κ2) is 8.88. The van der Waals surface area contributed by atoms with E-state index in [0.29, 0.717) is 17.0 Å². The number of thioether (sulfide) groups is 2. The van der Waals surface area contributed by atoms with Gasteiger partial charge in [-0.1, -0.05) is 67.2 Å². The van der Waals surface area contributed by atoms with Gasteiger partial charge in [0.25, 0.3) is 5.56 Å². The molecule has 1 amide bonds. The smallest absolute Gasteiger partial charge is 0.268 e. The molecule has 0 saturated carbocycles. The summed E-state index contributed by atoms with van der Waals surface area (Å²) in [5.74, 6) is 0.0717. The van der Waals surface area contributed by atoms with Gasteiger partial charge in [0.2, 0.25) is 5.91 Å². The Kier molecular flexibility index (Phi) is 6.06. The van der Waals surface area contributed by atoms with Gasteiger partial charge in [0, 0.05) is 17.4 Å². The van der Waals surface area contributed by atoms with Crippen molar-refractivity contribution in [3.05, 3.63) is 82.3 Å². The molecular formula is C22H21N3O2S2. The first kappa shape index (κ1) is 19.8. The molecule has 2 aromatic carbocycles. The van der Waals surface area contributed by atoms with Crippen LogP contribution in [-0.2, 0) is 17.8 Å². The zero-order valence-electron chi connectivity index (χ0n) is 16.0. The standard InChI is InChI=1S/C22H21N3O2S2/c1-15-12-18-20(29-15)21(27)25(13-16-8-4-2-5-9-16)22(24-18)28-14-19(26)23-17-10-6-3-7-11-17/h2-11,15H,12-14H2,1H3,(H,23,26). The van der Waals surface area contributed by atoms with Gasteiger partial charge in [0.05, 0.1) is 22.9 Å². The quantitative estimate of drug-likeness (QED) is 0.479. The number of aromatic nitrogens is 2. The van der Waals surface area contributed by atoms with E-state index in [1.54, 1.807) is 16.3 Å². The molecule has 1 atom stereocenters. The van der Waals surface area contributed by atoms with Crippen molar-refractivity contribution in [3.63, 3.8) is 0 Å². The van der Waals surface area contributed by atoms with Crippen LogP contribution >= 0.6 is 23.5 Å². The number of nitrogens with one attached hydrogen (secondary N) is 1.